The van der Waals surface area contributed by atoms with Gasteiger partial charge in [0.1, 0.15) is 5.69 Å². The van der Waals surface area contributed by atoms with Gasteiger partial charge in [0.15, 0.2) is 0 Å². The Morgan fingerprint density at radius 2 is 1.71 bits per heavy atom. The van der Waals surface area contributed by atoms with Crippen molar-refractivity contribution < 1.29 is 9.53 Å². The third kappa shape index (κ3) is 5.67. The van der Waals surface area contributed by atoms with E-state index in [-0.39, 0.29) is 11.4 Å². The van der Waals surface area contributed by atoms with Crippen molar-refractivity contribution in [3.63, 3.8) is 0 Å². The molecule has 0 unspecified atom stereocenters. The molecule has 2 aliphatic carbocycles. The molecule has 2 aliphatic rings. The van der Waals surface area contributed by atoms with Gasteiger partial charge in [-0.25, -0.2) is 4.98 Å². The lowest BCUT2D eigenvalue weighted by atomic mass is 9.79. The SMILES string of the molecule is CN(C)/C=C1\CCc2c(nc3c(c2CCCOC(C)(C)C)CCC/C3=C\c2ccccc2)C1=O. The van der Waals surface area contributed by atoms with Crippen LogP contribution in [0.1, 0.15) is 84.9 Å². The summed E-state index contributed by atoms with van der Waals surface area (Å²) in [5.74, 6) is 0.0922. The topological polar surface area (TPSA) is 42.4 Å². The maximum Gasteiger partial charge on any atom is 0.209 e. The molecule has 0 aliphatic heterocycles. The summed E-state index contributed by atoms with van der Waals surface area (Å²) in [5.41, 5.74) is 8.76. The first kappa shape index (κ1) is 24.4. The van der Waals surface area contributed by atoms with Crippen LogP contribution in [0.4, 0.5) is 0 Å². The fourth-order valence-electron chi connectivity index (χ4n) is 5.06. The van der Waals surface area contributed by atoms with Crippen molar-refractivity contribution in [2.45, 2.75) is 71.3 Å². The van der Waals surface area contributed by atoms with Gasteiger partial charge in [-0.3, -0.25) is 4.79 Å². The summed E-state index contributed by atoms with van der Waals surface area (Å²) >= 11 is 0. The molecular formula is C30H38N2O2. The van der Waals surface area contributed by atoms with Crippen LogP contribution in [-0.2, 0) is 24.0 Å². The van der Waals surface area contributed by atoms with Crippen molar-refractivity contribution in [1.29, 1.82) is 0 Å². The van der Waals surface area contributed by atoms with Crippen LogP contribution in [0.3, 0.4) is 0 Å². The molecule has 0 saturated carbocycles. The molecule has 4 rings (SSSR count). The van der Waals surface area contributed by atoms with E-state index in [9.17, 15) is 4.79 Å². The molecule has 0 bridgehead atoms. The van der Waals surface area contributed by atoms with E-state index in [1.54, 1.807) is 0 Å². The van der Waals surface area contributed by atoms with Crippen molar-refractivity contribution in [2.24, 2.45) is 0 Å². The summed E-state index contributed by atoms with van der Waals surface area (Å²) in [4.78, 5) is 20.6. The molecule has 4 heteroatoms. The summed E-state index contributed by atoms with van der Waals surface area (Å²) in [6.07, 6.45) is 10.9. The Kier molecular flexibility index (Phi) is 7.37. The zero-order chi connectivity index (χ0) is 24.3. The zero-order valence-corrected chi connectivity index (χ0v) is 21.4. The van der Waals surface area contributed by atoms with Gasteiger partial charge in [0.2, 0.25) is 5.78 Å². The molecular weight excluding hydrogens is 420 g/mol. The first-order chi connectivity index (χ1) is 16.2. The second-order valence-corrected chi connectivity index (χ2v) is 10.7. The molecule has 180 valence electrons. The number of carbonyl (C=O) groups is 1. The lowest BCUT2D eigenvalue weighted by Gasteiger charge is -2.28. The van der Waals surface area contributed by atoms with E-state index in [0.717, 1.165) is 62.8 Å². The van der Waals surface area contributed by atoms with Gasteiger partial charge in [0.05, 0.1) is 11.3 Å². The van der Waals surface area contributed by atoms with Crippen LogP contribution in [0.2, 0.25) is 0 Å². The van der Waals surface area contributed by atoms with Crippen LogP contribution < -0.4 is 0 Å². The van der Waals surface area contributed by atoms with E-state index < -0.39 is 0 Å². The van der Waals surface area contributed by atoms with E-state index in [4.69, 9.17) is 9.72 Å². The molecule has 1 aromatic heterocycles. The quantitative estimate of drug-likeness (QED) is 0.377. The van der Waals surface area contributed by atoms with E-state index in [0.29, 0.717) is 5.69 Å². The number of Topliss-reactive ketones (excluding diaryl/α,β-unsaturated/α-hetero) is 1. The van der Waals surface area contributed by atoms with Crippen molar-refractivity contribution >= 4 is 17.4 Å². The molecule has 0 N–H and O–H groups in total. The molecule has 0 atom stereocenters. The number of aromatic nitrogens is 1. The van der Waals surface area contributed by atoms with Gasteiger partial charge in [-0.2, -0.15) is 0 Å². The first-order valence-corrected chi connectivity index (χ1v) is 12.6. The predicted octanol–water partition coefficient (Wildman–Crippen LogP) is 6.28. The lowest BCUT2D eigenvalue weighted by Crippen LogP contribution is -2.24. The van der Waals surface area contributed by atoms with Gasteiger partial charge in [-0.15, -0.1) is 0 Å². The molecule has 2 aromatic rings. The highest BCUT2D eigenvalue weighted by Crippen LogP contribution is 2.38. The van der Waals surface area contributed by atoms with E-state index >= 15 is 0 Å². The maximum atomic E-state index is 13.5. The summed E-state index contributed by atoms with van der Waals surface area (Å²) < 4.78 is 6.01. The number of benzene rings is 1. The Morgan fingerprint density at radius 3 is 2.41 bits per heavy atom. The average Bonchev–Trinajstić information content (AvgIpc) is 2.78. The van der Waals surface area contributed by atoms with Crippen molar-refractivity contribution in [1.82, 2.24) is 9.88 Å². The lowest BCUT2D eigenvalue weighted by molar-refractivity contribution is -0.00387. The fraction of sp³-hybridized carbons (Fsp3) is 0.467. The highest BCUT2D eigenvalue weighted by atomic mass is 16.5. The highest BCUT2D eigenvalue weighted by molar-refractivity contribution is 6.10. The summed E-state index contributed by atoms with van der Waals surface area (Å²) in [6, 6.07) is 10.4. The van der Waals surface area contributed by atoms with Crippen LogP contribution in [-0.4, -0.2) is 42.0 Å². The van der Waals surface area contributed by atoms with Gasteiger partial charge in [-0.1, -0.05) is 30.3 Å². The number of nitrogens with zero attached hydrogens (tertiary/aromatic N) is 2. The van der Waals surface area contributed by atoms with Crippen LogP contribution in [0, 0.1) is 0 Å². The third-order valence-electron chi connectivity index (χ3n) is 6.51. The van der Waals surface area contributed by atoms with Gasteiger partial charge in [0.25, 0.3) is 0 Å². The molecule has 34 heavy (non-hydrogen) atoms. The molecule has 4 nitrogen and oxygen atoms in total. The summed E-state index contributed by atoms with van der Waals surface area (Å²) in [7, 11) is 3.94. The van der Waals surface area contributed by atoms with Crippen LogP contribution in [0.25, 0.3) is 11.6 Å². The average molecular weight is 459 g/mol. The van der Waals surface area contributed by atoms with E-state index in [2.05, 4.69) is 51.1 Å². The number of ketones is 1. The van der Waals surface area contributed by atoms with E-state index in [1.807, 2.05) is 31.3 Å². The molecule has 1 aromatic carbocycles. The Morgan fingerprint density at radius 1 is 0.971 bits per heavy atom. The van der Waals surface area contributed by atoms with Crippen LogP contribution >= 0.6 is 0 Å². The molecule has 0 spiro atoms. The Hall–Kier alpha value is -2.72. The van der Waals surface area contributed by atoms with Crippen LogP contribution in [0.15, 0.2) is 42.1 Å². The molecule has 1 heterocycles. The number of ether oxygens (including phenoxy) is 1. The molecule has 0 saturated heterocycles. The minimum Gasteiger partial charge on any atom is -0.383 e. The Labute approximate surface area is 204 Å². The number of carbonyl (C=O) groups excluding carboxylic acids is 1. The monoisotopic (exact) mass is 458 g/mol. The number of allylic oxidation sites excluding steroid dienone is 2. The summed E-state index contributed by atoms with van der Waals surface area (Å²) in [5, 5.41) is 0. The number of fused-ring (bicyclic) bond motifs is 2. The Bertz CT molecular complexity index is 1100. The highest BCUT2D eigenvalue weighted by Gasteiger charge is 2.31. The minimum atomic E-state index is -0.134. The smallest absolute Gasteiger partial charge is 0.209 e. The number of rotatable bonds is 6. The zero-order valence-electron chi connectivity index (χ0n) is 21.4. The third-order valence-corrected chi connectivity index (χ3v) is 6.51. The van der Waals surface area contributed by atoms with Gasteiger partial charge < -0.3 is 9.64 Å². The van der Waals surface area contributed by atoms with Crippen molar-refractivity contribution in [3.8, 4) is 0 Å². The second kappa shape index (κ2) is 10.3. The van der Waals surface area contributed by atoms with Gasteiger partial charge in [0, 0.05) is 32.5 Å². The van der Waals surface area contributed by atoms with E-state index in [1.165, 1.54) is 27.8 Å². The predicted molar refractivity (Wildman–Crippen MR) is 140 cm³/mol. The van der Waals surface area contributed by atoms with Crippen molar-refractivity contribution in [2.75, 3.05) is 20.7 Å². The molecule has 0 radical (unpaired) electrons. The second-order valence-electron chi connectivity index (χ2n) is 10.7. The van der Waals surface area contributed by atoms with Crippen molar-refractivity contribution in [3.05, 3.63) is 75.7 Å². The largest absolute Gasteiger partial charge is 0.383 e. The standard InChI is InChI=1S/C30H38N2O2/c1-30(2,3)34-18-10-15-24-25-14-9-13-22(19-21-11-7-6-8-12-21)27(25)31-28-26(24)17-16-23(29(28)33)20-32(4)5/h6-8,11-12,19-20H,9-10,13-18H2,1-5H3/b22-19+,23-20+. The van der Waals surface area contributed by atoms with Crippen LogP contribution in [0.5, 0.6) is 0 Å². The number of hydrogen-bond acceptors (Lipinski definition) is 4. The normalized spacial score (nSPS) is 18.2. The number of pyridine rings is 1. The maximum absolute atomic E-state index is 13.5. The number of hydrogen-bond donors (Lipinski definition) is 0. The van der Waals surface area contributed by atoms with Gasteiger partial charge in [-0.05, 0) is 99.6 Å². The molecule has 0 amide bonds. The Balaban J connectivity index is 1.77. The summed E-state index contributed by atoms with van der Waals surface area (Å²) in [6.45, 7) is 7.02. The molecule has 0 fully saturated rings. The fourth-order valence-corrected chi connectivity index (χ4v) is 5.06. The van der Waals surface area contributed by atoms with Gasteiger partial charge >= 0.3 is 0 Å². The first-order valence-electron chi connectivity index (χ1n) is 12.6. The minimum absolute atomic E-state index is 0.0922.